The molecule has 0 aromatic rings. The Morgan fingerprint density at radius 1 is 1.27 bits per heavy atom. The molecule has 90 valence electrons. The van der Waals surface area contributed by atoms with Crippen LogP contribution in [0.15, 0.2) is 0 Å². The highest BCUT2D eigenvalue weighted by Crippen LogP contribution is 2.65. The van der Waals surface area contributed by atoms with Crippen LogP contribution in [0.3, 0.4) is 0 Å². The smallest absolute Gasteiger partial charge is 0.259 e. The van der Waals surface area contributed by atoms with E-state index in [1.54, 1.807) is 13.8 Å². The third-order valence-electron chi connectivity index (χ3n) is 3.59. The van der Waals surface area contributed by atoms with Crippen molar-refractivity contribution < 1.29 is 13.5 Å². The largest absolute Gasteiger partial charge is 0.381 e. The molecule has 15 heavy (non-hydrogen) atoms. The van der Waals surface area contributed by atoms with Crippen molar-refractivity contribution in [1.82, 2.24) is 5.32 Å². The van der Waals surface area contributed by atoms with Gasteiger partial charge in [-0.15, -0.1) is 12.4 Å². The highest BCUT2D eigenvalue weighted by Gasteiger charge is 2.74. The lowest BCUT2D eigenvalue weighted by atomic mass is 10.1. The van der Waals surface area contributed by atoms with Crippen molar-refractivity contribution >= 4 is 12.4 Å². The predicted molar refractivity (Wildman–Crippen MR) is 56.6 cm³/mol. The van der Waals surface area contributed by atoms with Crippen LogP contribution < -0.4 is 5.32 Å². The van der Waals surface area contributed by atoms with Gasteiger partial charge in [-0.1, -0.05) is 13.8 Å². The molecule has 5 heteroatoms. The summed E-state index contributed by atoms with van der Waals surface area (Å²) < 4.78 is 31.5. The van der Waals surface area contributed by atoms with E-state index in [2.05, 4.69) is 5.32 Å². The molecule has 1 heterocycles. The summed E-state index contributed by atoms with van der Waals surface area (Å²) in [5, 5.41) is 3.12. The molecule has 1 unspecified atom stereocenters. The predicted octanol–water partition coefficient (Wildman–Crippen LogP) is 1.94. The molecule has 1 saturated carbocycles. The molecule has 1 atom stereocenters. The maximum absolute atomic E-state index is 13.1. The van der Waals surface area contributed by atoms with Crippen molar-refractivity contribution in [2.24, 2.45) is 17.3 Å². The van der Waals surface area contributed by atoms with E-state index in [1.165, 1.54) is 0 Å². The molecule has 0 spiro atoms. The summed E-state index contributed by atoms with van der Waals surface area (Å²) in [5.41, 5.74) is -0.856. The SMILES string of the molecule is CC1(C)C(COCC2CNC2)C1(F)F.Cl. The molecule has 2 rings (SSSR count). The Bertz CT molecular complexity index is 217. The molecule has 1 aliphatic heterocycles. The standard InChI is InChI=1S/C10H17F2NO.ClH/c1-9(2)8(10(9,11)12)6-14-5-7-3-13-4-7;/h7-8,13H,3-6H2,1-2H3;1H. The second-order valence-corrected chi connectivity index (χ2v) is 4.96. The third kappa shape index (κ3) is 2.12. The van der Waals surface area contributed by atoms with Gasteiger partial charge < -0.3 is 10.1 Å². The summed E-state index contributed by atoms with van der Waals surface area (Å²) >= 11 is 0. The summed E-state index contributed by atoms with van der Waals surface area (Å²) in [4.78, 5) is 0. The van der Waals surface area contributed by atoms with Crippen LogP contribution >= 0.6 is 12.4 Å². The van der Waals surface area contributed by atoms with Gasteiger partial charge in [-0.3, -0.25) is 0 Å². The zero-order valence-electron chi connectivity index (χ0n) is 9.06. The first-order valence-electron chi connectivity index (χ1n) is 5.12. The van der Waals surface area contributed by atoms with E-state index >= 15 is 0 Å². The van der Waals surface area contributed by atoms with E-state index in [4.69, 9.17) is 4.74 Å². The average molecular weight is 242 g/mol. The van der Waals surface area contributed by atoms with Gasteiger partial charge >= 0.3 is 0 Å². The highest BCUT2D eigenvalue weighted by molar-refractivity contribution is 5.85. The van der Waals surface area contributed by atoms with Crippen LogP contribution in [0.5, 0.6) is 0 Å². The molecular formula is C10H18ClF2NO. The van der Waals surface area contributed by atoms with Crippen LogP contribution in [0.1, 0.15) is 13.8 Å². The fourth-order valence-corrected chi connectivity index (χ4v) is 1.89. The Morgan fingerprint density at radius 3 is 2.13 bits per heavy atom. The van der Waals surface area contributed by atoms with Crippen molar-refractivity contribution in [3.63, 3.8) is 0 Å². The van der Waals surface area contributed by atoms with E-state index in [0.717, 1.165) is 13.1 Å². The lowest BCUT2D eigenvalue weighted by Gasteiger charge is -2.26. The topological polar surface area (TPSA) is 21.3 Å². The zero-order valence-corrected chi connectivity index (χ0v) is 9.87. The monoisotopic (exact) mass is 241 g/mol. The Labute approximate surface area is 95.2 Å². The molecular weight excluding hydrogens is 224 g/mol. The molecule has 1 N–H and O–H groups in total. The molecule has 0 aromatic heterocycles. The fourth-order valence-electron chi connectivity index (χ4n) is 1.89. The van der Waals surface area contributed by atoms with Crippen molar-refractivity contribution in [3.05, 3.63) is 0 Å². The number of hydrogen-bond acceptors (Lipinski definition) is 2. The van der Waals surface area contributed by atoms with Gasteiger partial charge in [0, 0.05) is 24.4 Å². The van der Waals surface area contributed by atoms with Crippen molar-refractivity contribution in [1.29, 1.82) is 0 Å². The minimum atomic E-state index is -2.52. The number of rotatable bonds is 4. The molecule has 2 nitrogen and oxygen atoms in total. The zero-order chi connectivity index (χ0) is 10.4. The molecule has 0 aromatic carbocycles. The van der Waals surface area contributed by atoms with Gasteiger partial charge in [0.15, 0.2) is 0 Å². The Morgan fingerprint density at radius 2 is 1.80 bits per heavy atom. The molecule has 2 fully saturated rings. The maximum atomic E-state index is 13.1. The fraction of sp³-hybridized carbons (Fsp3) is 1.00. The highest BCUT2D eigenvalue weighted by atomic mass is 35.5. The van der Waals surface area contributed by atoms with Gasteiger partial charge in [0.1, 0.15) is 0 Å². The van der Waals surface area contributed by atoms with E-state index in [0.29, 0.717) is 12.5 Å². The third-order valence-corrected chi connectivity index (χ3v) is 3.59. The van der Waals surface area contributed by atoms with E-state index in [9.17, 15) is 8.78 Å². The van der Waals surface area contributed by atoms with Gasteiger partial charge in [-0.05, 0) is 0 Å². The number of halogens is 3. The normalized spacial score (nSPS) is 31.6. The molecule has 2 aliphatic rings. The van der Waals surface area contributed by atoms with Crippen LogP contribution in [-0.2, 0) is 4.74 Å². The summed E-state index contributed by atoms with van der Waals surface area (Å²) in [6.45, 7) is 5.96. The molecule has 1 aliphatic carbocycles. The first-order chi connectivity index (χ1) is 6.46. The molecule has 0 radical (unpaired) electrons. The minimum absolute atomic E-state index is 0. The van der Waals surface area contributed by atoms with E-state index in [1.807, 2.05) is 0 Å². The van der Waals surface area contributed by atoms with Gasteiger partial charge in [0.2, 0.25) is 0 Å². The first-order valence-corrected chi connectivity index (χ1v) is 5.12. The van der Waals surface area contributed by atoms with Gasteiger partial charge in [0.05, 0.1) is 19.1 Å². The van der Waals surface area contributed by atoms with Crippen LogP contribution in [0, 0.1) is 17.3 Å². The second-order valence-electron chi connectivity index (χ2n) is 4.96. The van der Waals surface area contributed by atoms with Gasteiger partial charge in [-0.2, -0.15) is 0 Å². The Balaban J connectivity index is 0.00000112. The molecule has 1 saturated heterocycles. The number of hydrogen-bond donors (Lipinski definition) is 1. The van der Waals surface area contributed by atoms with Gasteiger partial charge in [0.25, 0.3) is 5.92 Å². The van der Waals surface area contributed by atoms with Crippen molar-refractivity contribution in [3.8, 4) is 0 Å². The number of ether oxygens (including phenoxy) is 1. The van der Waals surface area contributed by atoms with Gasteiger partial charge in [-0.25, -0.2) is 8.78 Å². The van der Waals surface area contributed by atoms with Crippen LogP contribution in [0.2, 0.25) is 0 Å². The minimum Gasteiger partial charge on any atom is -0.381 e. The Kier molecular flexibility index (Phi) is 3.63. The first kappa shape index (κ1) is 13.1. The number of alkyl halides is 2. The average Bonchev–Trinajstić information content (AvgIpc) is 2.35. The summed E-state index contributed by atoms with van der Waals surface area (Å²) in [5.74, 6) is -2.57. The van der Waals surface area contributed by atoms with E-state index in [-0.39, 0.29) is 19.0 Å². The summed E-state index contributed by atoms with van der Waals surface area (Å²) in [6, 6.07) is 0. The maximum Gasteiger partial charge on any atom is 0.259 e. The van der Waals surface area contributed by atoms with Crippen molar-refractivity contribution in [2.45, 2.75) is 19.8 Å². The summed E-state index contributed by atoms with van der Waals surface area (Å²) in [6.07, 6.45) is 0. The van der Waals surface area contributed by atoms with Crippen LogP contribution in [0.4, 0.5) is 8.78 Å². The van der Waals surface area contributed by atoms with Crippen molar-refractivity contribution in [2.75, 3.05) is 26.3 Å². The lowest BCUT2D eigenvalue weighted by Crippen LogP contribution is -2.44. The van der Waals surface area contributed by atoms with Crippen LogP contribution in [0.25, 0.3) is 0 Å². The van der Waals surface area contributed by atoms with E-state index < -0.39 is 17.3 Å². The number of nitrogens with one attached hydrogen (secondary N) is 1. The summed E-state index contributed by atoms with van der Waals surface area (Å²) in [7, 11) is 0. The van der Waals surface area contributed by atoms with Crippen LogP contribution in [-0.4, -0.2) is 32.2 Å². The second kappa shape index (κ2) is 4.15. The molecule has 0 amide bonds. The molecule has 0 bridgehead atoms. The quantitative estimate of drug-likeness (QED) is 0.812. The lowest BCUT2D eigenvalue weighted by molar-refractivity contribution is 0.0310. The Hall–Kier alpha value is 0.0700.